The van der Waals surface area contributed by atoms with E-state index in [0.717, 1.165) is 17.1 Å². The molecule has 1 heterocycles. The highest BCUT2D eigenvalue weighted by molar-refractivity contribution is 5.92. The number of carbonyl (C=O) groups is 1. The van der Waals surface area contributed by atoms with E-state index in [1.807, 2.05) is 54.6 Å². The highest BCUT2D eigenvalue weighted by Gasteiger charge is 2.12. The summed E-state index contributed by atoms with van der Waals surface area (Å²) in [7, 11) is 1.61. The third-order valence-corrected chi connectivity index (χ3v) is 4.37. The summed E-state index contributed by atoms with van der Waals surface area (Å²) in [5, 5.41) is 6.85. The maximum atomic E-state index is 12.4. The van der Waals surface area contributed by atoms with Gasteiger partial charge in [-0.3, -0.25) is 4.79 Å². The molecule has 4 aromatic rings. The molecule has 1 N–H and O–H groups in total. The summed E-state index contributed by atoms with van der Waals surface area (Å²) in [4.78, 5) is 12.4. The number of hydrogen-bond donors (Lipinski definition) is 1. The predicted octanol–water partition coefficient (Wildman–Crippen LogP) is 5.32. The van der Waals surface area contributed by atoms with Crippen LogP contribution in [0.5, 0.6) is 17.2 Å². The second-order valence-electron chi connectivity index (χ2n) is 6.58. The van der Waals surface area contributed by atoms with E-state index in [1.54, 1.807) is 37.4 Å². The van der Waals surface area contributed by atoms with Crippen molar-refractivity contribution in [2.24, 2.45) is 0 Å². The number of nitrogens with zero attached hydrogens (tertiary/aromatic N) is 1. The monoisotopic (exact) mass is 400 g/mol. The molecule has 0 atom stereocenters. The Morgan fingerprint density at radius 3 is 2.40 bits per heavy atom. The summed E-state index contributed by atoms with van der Waals surface area (Å²) in [6, 6.07) is 25.9. The number of aromatic nitrogens is 1. The first-order valence-electron chi connectivity index (χ1n) is 9.42. The van der Waals surface area contributed by atoms with Crippen LogP contribution >= 0.6 is 0 Å². The fourth-order valence-corrected chi connectivity index (χ4v) is 2.91. The van der Waals surface area contributed by atoms with Gasteiger partial charge in [-0.2, -0.15) is 0 Å². The molecule has 6 nitrogen and oxygen atoms in total. The average Bonchev–Trinajstić information content (AvgIpc) is 3.24. The van der Waals surface area contributed by atoms with Crippen LogP contribution in [0.1, 0.15) is 5.69 Å². The normalized spacial score (nSPS) is 10.4. The van der Waals surface area contributed by atoms with Crippen LogP contribution < -0.4 is 14.8 Å². The number of rotatable bonds is 7. The van der Waals surface area contributed by atoms with Gasteiger partial charge in [0.15, 0.2) is 5.76 Å². The van der Waals surface area contributed by atoms with Gasteiger partial charge in [0.2, 0.25) is 5.91 Å². The van der Waals surface area contributed by atoms with Gasteiger partial charge in [-0.15, -0.1) is 0 Å². The number of anilines is 1. The SMILES string of the molecule is COc1cccc(-c2cc(CC(=O)Nc3ccc(Oc4ccccc4)cc3)no2)c1. The molecule has 1 aromatic heterocycles. The fourth-order valence-electron chi connectivity index (χ4n) is 2.91. The van der Waals surface area contributed by atoms with Crippen molar-refractivity contribution in [3.63, 3.8) is 0 Å². The number of hydrogen-bond acceptors (Lipinski definition) is 5. The second kappa shape index (κ2) is 8.96. The van der Waals surface area contributed by atoms with Gasteiger partial charge >= 0.3 is 0 Å². The quantitative estimate of drug-likeness (QED) is 0.454. The molecule has 0 aliphatic heterocycles. The molecule has 6 heteroatoms. The molecular formula is C24H20N2O4. The summed E-state index contributed by atoms with van der Waals surface area (Å²) >= 11 is 0. The van der Waals surface area contributed by atoms with Crippen LogP contribution in [-0.2, 0) is 11.2 Å². The standard InChI is InChI=1S/C24H20N2O4/c1-28-22-9-5-6-17(14-22)23-15-19(26-30-23)16-24(27)25-18-10-12-21(13-11-18)29-20-7-3-2-4-8-20/h2-15H,16H2,1H3,(H,25,27). The van der Waals surface area contributed by atoms with Crippen molar-refractivity contribution in [2.75, 3.05) is 12.4 Å². The summed E-state index contributed by atoms with van der Waals surface area (Å²) in [5.41, 5.74) is 2.06. The Balaban J connectivity index is 1.35. The summed E-state index contributed by atoms with van der Waals surface area (Å²) in [6.45, 7) is 0. The van der Waals surface area contributed by atoms with Gasteiger partial charge in [-0.1, -0.05) is 35.5 Å². The molecule has 0 aliphatic rings. The molecule has 0 saturated heterocycles. The van der Waals surface area contributed by atoms with Crippen molar-refractivity contribution >= 4 is 11.6 Å². The Labute approximate surface area is 174 Å². The first-order valence-corrected chi connectivity index (χ1v) is 9.42. The minimum absolute atomic E-state index is 0.107. The number of methoxy groups -OCH3 is 1. The van der Waals surface area contributed by atoms with E-state index >= 15 is 0 Å². The first kappa shape index (κ1) is 19.3. The van der Waals surface area contributed by atoms with E-state index in [0.29, 0.717) is 22.9 Å². The van der Waals surface area contributed by atoms with Crippen LogP contribution in [0.2, 0.25) is 0 Å². The van der Waals surface area contributed by atoms with E-state index in [9.17, 15) is 4.79 Å². The van der Waals surface area contributed by atoms with E-state index in [2.05, 4.69) is 10.5 Å². The molecule has 0 unspecified atom stereocenters. The van der Waals surface area contributed by atoms with Gasteiger partial charge in [-0.25, -0.2) is 0 Å². The lowest BCUT2D eigenvalue weighted by molar-refractivity contribution is -0.115. The Kier molecular flexibility index (Phi) is 5.75. The molecule has 0 bridgehead atoms. The lowest BCUT2D eigenvalue weighted by Crippen LogP contribution is -2.14. The van der Waals surface area contributed by atoms with Gasteiger partial charge in [0.05, 0.1) is 19.2 Å². The number of nitrogens with one attached hydrogen (secondary N) is 1. The third-order valence-electron chi connectivity index (χ3n) is 4.37. The van der Waals surface area contributed by atoms with Crippen molar-refractivity contribution in [3.8, 4) is 28.6 Å². The molecule has 0 spiro atoms. The molecule has 150 valence electrons. The van der Waals surface area contributed by atoms with Crippen molar-refractivity contribution in [3.05, 3.63) is 90.6 Å². The zero-order chi connectivity index (χ0) is 20.8. The van der Waals surface area contributed by atoms with Crippen molar-refractivity contribution in [1.29, 1.82) is 0 Å². The minimum atomic E-state index is -0.183. The summed E-state index contributed by atoms with van der Waals surface area (Å²) < 4.78 is 16.3. The summed E-state index contributed by atoms with van der Waals surface area (Å²) in [6.07, 6.45) is 0.107. The van der Waals surface area contributed by atoms with Gasteiger partial charge in [0.25, 0.3) is 0 Å². The second-order valence-corrected chi connectivity index (χ2v) is 6.58. The molecule has 30 heavy (non-hydrogen) atoms. The Hall–Kier alpha value is -4.06. The number of para-hydroxylation sites is 1. The molecule has 0 aliphatic carbocycles. The molecule has 0 fully saturated rings. The van der Waals surface area contributed by atoms with Crippen LogP contribution in [0.4, 0.5) is 5.69 Å². The highest BCUT2D eigenvalue weighted by Crippen LogP contribution is 2.25. The highest BCUT2D eigenvalue weighted by atomic mass is 16.5. The van der Waals surface area contributed by atoms with E-state index in [-0.39, 0.29) is 12.3 Å². The minimum Gasteiger partial charge on any atom is -0.497 e. The zero-order valence-corrected chi connectivity index (χ0v) is 16.4. The lowest BCUT2D eigenvalue weighted by atomic mass is 10.1. The van der Waals surface area contributed by atoms with Gasteiger partial charge in [-0.05, 0) is 48.5 Å². The molecule has 1 amide bonds. The smallest absolute Gasteiger partial charge is 0.230 e. The predicted molar refractivity (Wildman–Crippen MR) is 114 cm³/mol. The number of carbonyl (C=O) groups excluding carboxylic acids is 1. The maximum absolute atomic E-state index is 12.4. The number of benzene rings is 3. The van der Waals surface area contributed by atoms with E-state index in [4.69, 9.17) is 14.0 Å². The van der Waals surface area contributed by atoms with Crippen molar-refractivity contribution in [1.82, 2.24) is 5.16 Å². The Morgan fingerprint density at radius 1 is 0.900 bits per heavy atom. The third kappa shape index (κ3) is 4.86. The molecular weight excluding hydrogens is 380 g/mol. The Morgan fingerprint density at radius 2 is 1.63 bits per heavy atom. The zero-order valence-electron chi connectivity index (χ0n) is 16.4. The first-order chi connectivity index (χ1) is 14.7. The molecule has 3 aromatic carbocycles. The van der Waals surface area contributed by atoms with Crippen molar-refractivity contribution < 1.29 is 18.8 Å². The van der Waals surface area contributed by atoms with Crippen LogP contribution in [0.3, 0.4) is 0 Å². The van der Waals surface area contributed by atoms with E-state index in [1.165, 1.54) is 0 Å². The number of amides is 1. The van der Waals surface area contributed by atoms with Crippen LogP contribution in [0, 0.1) is 0 Å². The largest absolute Gasteiger partial charge is 0.497 e. The summed E-state index contributed by atoms with van der Waals surface area (Å²) in [5.74, 6) is 2.57. The fraction of sp³-hybridized carbons (Fsp3) is 0.0833. The van der Waals surface area contributed by atoms with Gasteiger partial charge < -0.3 is 19.3 Å². The molecule has 4 rings (SSSR count). The topological polar surface area (TPSA) is 73.6 Å². The maximum Gasteiger partial charge on any atom is 0.230 e. The Bertz CT molecular complexity index is 1120. The number of ether oxygens (including phenoxy) is 2. The van der Waals surface area contributed by atoms with E-state index < -0.39 is 0 Å². The lowest BCUT2D eigenvalue weighted by Gasteiger charge is -2.07. The molecule has 0 saturated carbocycles. The van der Waals surface area contributed by atoms with Crippen LogP contribution in [0.25, 0.3) is 11.3 Å². The van der Waals surface area contributed by atoms with Crippen LogP contribution in [-0.4, -0.2) is 18.2 Å². The van der Waals surface area contributed by atoms with Crippen molar-refractivity contribution in [2.45, 2.75) is 6.42 Å². The van der Waals surface area contributed by atoms with Gasteiger partial charge in [0.1, 0.15) is 17.2 Å². The molecule has 0 radical (unpaired) electrons. The average molecular weight is 400 g/mol. The van der Waals surface area contributed by atoms with Crippen LogP contribution in [0.15, 0.2) is 89.5 Å². The van der Waals surface area contributed by atoms with Gasteiger partial charge in [0, 0.05) is 17.3 Å².